The Morgan fingerprint density at radius 3 is 2.30 bits per heavy atom. The second kappa shape index (κ2) is 8.58. The molecular formula is C18H29N3O6. The lowest BCUT2D eigenvalue weighted by Crippen LogP contribution is -2.53. The van der Waals surface area contributed by atoms with Crippen LogP contribution in [0.25, 0.3) is 0 Å². The van der Waals surface area contributed by atoms with E-state index < -0.39 is 41.6 Å². The van der Waals surface area contributed by atoms with Gasteiger partial charge in [0.2, 0.25) is 11.8 Å². The summed E-state index contributed by atoms with van der Waals surface area (Å²) < 4.78 is 5.20. The first-order valence-corrected chi connectivity index (χ1v) is 9.35. The maximum atomic E-state index is 12.6. The number of alkyl carbamates (subject to hydrolysis) is 1. The fourth-order valence-electron chi connectivity index (χ4n) is 3.02. The molecule has 2 fully saturated rings. The number of carbonyl (C=O) groups excluding carboxylic acids is 3. The molecule has 3 amide bonds. The van der Waals surface area contributed by atoms with Crippen molar-refractivity contribution in [3.8, 4) is 0 Å². The molecule has 0 aromatic heterocycles. The van der Waals surface area contributed by atoms with Crippen LogP contribution >= 0.6 is 0 Å². The van der Waals surface area contributed by atoms with Gasteiger partial charge in [-0.3, -0.25) is 9.59 Å². The molecule has 3 atom stereocenters. The summed E-state index contributed by atoms with van der Waals surface area (Å²) in [5, 5.41) is 17.1. The largest absolute Gasteiger partial charge is 0.480 e. The van der Waals surface area contributed by atoms with Crippen molar-refractivity contribution >= 4 is 23.9 Å². The van der Waals surface area contributed by atoms with E-state index in [-0.39, 0.29) is 12.3 Å². The fraction of sp³-hybridized carbons (Fsp3) is 0.778. The Hall–Kier alpha value is -2.32. The molecule has 0 aromatic rings. The molecule has 1 heterocycles. The minimum atomic E-state index is -1.20. The SMILES string of the molecule is CC(C)(C)OC(=O)NC(CC1CC1)C(=O)NC(CC1CCNC1=O)C(=O)O. The quantitative estimate of drug-likeness (QED) is 0.489. The van der Waals surface area contributed by atoms with Crippen LogP contribution in [0.5, 0.6) is 0 Å². The van der Waals surface area contributed by atoms with Gasteiger partial charge in [0.15, 0.2) is 0 Å². The van der Waals surface area contributed by atoms with Gasteiger partial charge in [-0.05, 0) is 46.0 Å². The number of ether oxygens (including phenoxy) is 1. The van der Waals surface area contributed by atoms with Crippen LogP contribution < -0.4 is 16.0 Å². The molecule has 9 nitrogen and oxygen atoms in total. The second-order valence-electron chi connectivity index (χ2n) is 8.29. The van der Waals surface area contributed by atoms with Crippen LogP contribution in [0.2, 0.25) is 0 Å². The van der Waals surface area contributed by atoms with Gasteiger partial charge >= 0.3 is 12.1 Å². The molecule has 1 aliphatic carbocycles. The molecule has 4 N–H and O–H groups in total. The molecule has 3 unspecified atom stereocenters. The Labute approximate surface area is 158 Å². The predicted molar refractivity (Wildman–Crippen MR) is 95.8 cm³/mol. The van der Waals surface area contributed by atoms with Crippen molar-refractivity contribution in [3.05, 3.63) is 0 Å². The van der Waals surface area contributed by atoms with Crippen molar-refractivity contribution in [2.75, 3.05) is 6.54 Å². The summed E-state index contributed by atoms with van der Waals surface area (Å²) in [5.74, 6) is -2.08. The number of rotatable bonds is 8. The van der Waals surface area contributed by atoms with Crippen molar-refractivity contribution in [1.82, 2.24) is 16.0 Å². The summed E-state index contributed by atoms with van der Waals surface area (Å²) in [6, 6.07) is -2.06. The van der Waals surface area contributed by atoms with Crippen LogP contribution in [0.1, 0.15) is 52.9 Å². The van der Waals surface area contributed by atoms with E-state index in [1.807, 2.05) is 0 Å². The molecule has 0 spiro atoms. The molecule has 9 heteroatoms. The van der Waals surface area contributed by atoms with Crippen molar-refractivity contribution in [2.24, 2.45) is 11.8 Å². The third-order valence-corrected chi connectivity index (χ3v) is 4.57. The van der Waals surface area contributed by atoms with Gasteiger partial charge in [0, 0.05) is 12.5 Å². The maximum Gasteiger partial charge on any atom is 0.408 e. The lowest BCUT2D eigenvalue weighted by atomic mass is 9.98. The van der Waals surface area contributed by atoms with Crippen LogP contribution in [-0.2, 0) is 19.1 Å². The van der Waals surface area contributed by atoms with Crippen LogP contribution in [0, 0.1) is 11.8 Å². The van der Waals surface area contributed by atoms with Crippen molar-refractivity contribution in [3.63, 3.8) is 0 Å². The topological polar surface area (TPSA) is 134 Å². The first-order chi connectivity index (χ1) is 12.5. The Morgan fingerprint density at radius 2 is 1.81 bits per heavy atom. The van der Waals surface area contributed by atoms with E-state index in [9.17, 15) is 24.3 Å². The van der Waals surface area contributed by atoms with Gasteiger partial charge in [0.05, 0.1) is 0 Å². The van der Waals surface area contributed by atoms with Gasteiger partial charge in [-0.1, -0.05) is 12.8 Å². The molecule has 0 radical (unpaired) electrons. The minimum absolute atomic E-state index is 0.0233. The lowest BCUT2D eigenvalue weighted by molar-refractivity contribution is -0.142. The van der Waals surface area contributed by atoms with Crippen LogP contribution in [0.15, 0.2) is 0 Å². The number of carboxylic acids is 1. The van der Waals surface area contributed by atoms with E-state index in [4.69, 9.17) is 4.74 Å². The first-order valence-electron chi connectivity index (χ1n) is 9.35. The molecule has 152 valence electrons. The Morgan fingerprint density at radius 1 is 1.15 bits per heavy atom. The van der Waals surface area contributed by atoms with E-state index in [1.165, 1.54) is 0 Å². The molecular weight excluding hydrogens is 354 g/mol. The molecule has 2 rings (SSSR count). The van der Waals surface area contributed by atoms with Crippen molar-refractivity contribution < 1.29 is 29.0 Å². The summed E-state index contributed by atoms with van der Waals surface area (Å²) in [6.45, 7) is 5.66. The standard InChI is InChI=1S/C18H29N3O6/c1-18(2,3)27-17(26)21-12(8-10-4-5-10)15(23)20-13(16(24)25)9-11-6-7-19-14(11)22/h10-13H,4-9H2,1-3H3,(H,19,22)(H,20,23)(H,21,26)(H,24,25). The predicted octanol–water partition coefficient (Wildman–Crippen LogP) is 0.775. The lowest BCUT2D eigenvalue weighted by Gasteiger charge is -2.25. The summed E-state index contributed by atoms with van der Waals surface area (Å²) in [4.78, 5) is 47.9. The highest BCUT2D eigenvalue weighted by Crippen LogP contribution is 2.33. The molecule has 27 heavy (non-hydrogen) atoms. The molecule has 1 saturated carbocycles. The van der Waals surface area contributed by atoms with Gasteiger partial charge in [-0.25, -0.2) is 9.59 Å². The highest BCUT2D eigenvalue weighted by Gasteiger charge is 2.35. The van der Waals surface area contributed by atoms with E-state index in [2.05, 4.69) is 16.0 Å². The first kappa shape index (κ1) is 21.0. The zero-order valence-electron chi connectivity index (χ0n) is 16.0. The molecule has 1 saturated heterocycles. The van der Waals surface area contributed by atoms with Gasteiger partial charge in [-0.2, -0.15) is 0 Å². The van der Waals surface area contributed by atoms with Gasteiger partial charge in [-0.15, -0.1) is 0 Å². The Bertz CT molecular complexity index is 596. The van der Waals surface area contributed by atoms with Gasteiger partial charge in [0.1, 0.15) is 17.7 Å². The molecule has 0 aromatic carbocycles. The average Bonchev–Trinajstić information content (AvgIpc) is 3.25. The number of carbonyl (C=O) groups is 4. The Kier molecular flexibility index (Phi) is 6.67. The fourth-order valence-corrected chi connectivity index (χ4v) is 3.02. The normalized spacial score (nSPS) is 21.7. The van der Waals surface area contributed by atoms with Crippen LogP contribution in [-0.4, -0.2) is 53.2 Å². The average molecular weight is 383 g/mol. The molecule has 1 aliphatic heterocycles. The zero-order chi connectivity index (χ0) is 20.2. The van der Waals surface area contributed by atoms with Crippen LogP contribution in [0.4, 0.5) is 4.79 Å². The van der Waals surface area contributed by atoms with E-state index in [1.54, 1.807) is 20.8 Å². The third kappa shape index (κ3) is 7.07. The Balaban J connectivity index is 1.98. The third-order valence-electron chi connectivity index (χ3n) is 4.57. The minimum Gasteiger partial charge on any atom is -0.480 e. The van der Waals surface area contributed by atoms with Gasteiger partial charge < -0.3 is 25.8 Å². The zero-order valence-corrected chi connectivity index (χ0v) is 16.0. The summed E-state index contributed by atoms with van der Waals surface area (Å²) in [5.41, 5.74) is -0.704. The van der Waals surface area contributed by atoms with E-state index >= 15 is 0 Å². The maximum absolute atomic E-state index is 12.6. The van der Waals surface area contributed by atoms with Crippen molar-refractivity contribution in [2.45, 2.75) is 70.6 Å². The molecule has 0 bridgehead atoms. The number of amides is 3. The number of carboxylic acid groups (broad SMARTS) is 1. The smallest absolute Gasteiger partial charge is 0.408 e. The van der Waals surface area contributed by atoms with E-state index in [0.29, 0.717) is 25.3 Å². The highest BCUT2D eigenvalue weighted by atomic mass is 16.6. The number of aliphatic carboxylic acids is 1. The monoisotopic (exact) mass is 383 g/mol. The van der Waals surface area contributed by atoms with Crippen LogP contribution in [0.3, 0.4) is 0 Å². The summed E-state index contributed by atoms with van der Waals surface area (Å²) in [6.07, 6.45) is 2.23. The van der Waals surface area contributed by atoms with Gasteiger partial charge in [0.25, 0.3) is 0 Å². The highest BCUT2D eigenvalue weighted by molar-refractivity contribution is 5.90. The van der Waals surface area contributed by atoms with Crippen molar-refractivity contribution in [1.29, 1.82) is 0 Å². The number of hydrogen-bond acceptors (Lipinski definition) is 5. The second-order valence-corrected chi connectivity index (χ2v) is 8.29. The summed E-state index contributed by atoms with van der Waals surface area (Å²) >= 11 is 0. The number of nitrogens with one attached hydrogen (secondary N) is 3. The number of hydrogen-bond donors (Lipinski definition) is 4. The van der Waals surface area contributed by atoms with E-state index in [0.717, 1.165) is 12.8 Å². The molecule has 2 aliphatic rings. The summed E-state index contributed by atoms with van der Waals surface area (Å²) in [7, 11) is 0.